The number of aromatic nitrogens is 1. The molecule has 6 nitrogen and oxygen atoms in total. The molecule has 2 heterocycles. The molecule has 162 valence electrons. The second-order valence-electron chi connectivity index (χ2n) is 7.24. The molecule has 0 radical (unpaired) electrons. The maximum absolute atomic E-state index is 13.4. The Hall–Kier alpha value is -2.74. The van der Waals surface area contributed by atoms with Gasteiger partial charge in [0.25, 0.3) is 5.91 Å². The number of ether oxygens (including phenoxy) is 2. The van der Waals surface area contributed by atoms with Crippen molar-refractivity contribution in [1.29, 1.82) is 0 Å². The lowest BCUT2D eigenvalue weighted by Gasteiger charge is -2.30. The number of para-hydroxylation sites is 1. The fourth-order valence-corrected chi connectivity index (χ4v) is 4.33. The van der Waals surface area contributed by atoms with Gasteiger partial charge in [0.1, 0.15) is 16.5 Å². The number of anilines is 1. The van der Waals surface area contributed by atoms with E-state index in [1.807, 2.05) is 71.8 Å². The lowest BCUT2D eigenvalue weighted by molar-refractivity contribution is 0.0391. The minimum absolute atomic E-state index is 0.0760. The first-order valence-electron chi connectivity index (χ1n) is 10.6. The van der Waals surface area contributed by atoms with Crippen LogP contribution in [0.3, 0.4) is 0 Å². The minimum atomic E-state index is -0.0760. The van der Waals surface area contributed by atoms with E-state index in [2.05, 4.69) is 9.88 Å². The molecule has 1 fully saturated rings. The summed E-state index contributed by atoms with van der Waals surface area (Å²) in [5, 5.41) is 2.67. The second kappa shape index (κ2) is 10.5. The second-order valence-corrected chi connectivity index (χ2v) is 8.10. The van der Waals surface area contributed by atoms with Crippen molar-refractivity contribution in [2.75, 3.05) is 50.9 Å². The number of nitrogens with zero attached hydrogens (tertiary/aromatic N) is 3. The Morgan fingerprint density at radius 1 is 1.13 bits per heavy atom. The van der Waals surface area contributed by atoms with Gasteiger partial charge in [-0.25, -0.2) is 4.98 Å². The van der Waals surface area contributed by atoms with Crippen molar-refractivity contribution < 1.29 is 14.3 Å². The van der Waals surface area contributed by atoms with E-state index in [-0.39, 0.29) is 5.91 Å². The molecule has 0 bridgehead atoms. The number of carbonyl (C=O) groups is 1. The van der Waals surface area contributed by atoms with E-state index in [0.29, 0.717) is 18.8 Å². The van der Waals surface area contributed by atoms with Crippen LogP contribution in [0.1, 0.15) is 17.4 Å². The Bertz CT molecular complexity index is 969. The van der Waals surface area contributed by atoms with Crippen molar-refractivity contribution in [3.8, 4) is 16.3 Å². The molecule has 0 unspecified atom stereocenters. The van der Waals surface area contributed by atoms with Crippen LogP contribution in [0.25, 0.3) is 10.6 Å². The summed E-state index contributed by atoms with van der Waals surface area (Å²) >= 11 is 1.48. The van der Waals surface area contributed by atoms with Crippen LogP contribution in [-0.2, 0) is 4.74 Å². The number of benzene rings is 2. The molecule has 1 aromatic heterocycles. The lowest BCUT2D eigenvalue weighted by atomic mass is 10.2. The topological polar surface area (TPSA) is 54.9 Å². The molecule has 0 N–H and O–H groups in total. The van der Waals surface area contributed by atoms with Crippen molar-refractivity contribution in [3.05, 3.63) is 65.7 Å². The van der Waals surface area contributed by atoms with Gasteiger partial charge in [-0.05, 0) is 43.3 Å². The number of rotatable bonds is 8. The number of hydrogen-bond acceptors (Lipinski definition) is 6. The van der Waals surface area contributed by atoms with Gasteiger partial charge in [-0.2, -0.15) is 0 Å². The minimum Gasteiger partial charge on any atom is -0.494 e. The average molecular weight is 438 g/mol. The zero-order valence-corrected chi connectivity index (χ0v) is 18.5. The molecule has 0 saturated carbocycles. The van der Waals surface area contributed by atoms with Crippen LogP contribution < -0.4 is 9.64 Å². The van der Waals surface area contributed by atoms with Gasteiger partial charge in [-0.1, -0.05) is 18.2 Å². The summed E-state index contributed by atoms with van der Waals surface area (Å²) in [6.07, 6.45) is 0. The van der Waals surface area contributed by atoms with Gasteiger partial charge < -0.3 is 14.4 Å². The van der Waals surface area contributed by atoms with E-state index in [0.717, 1.165) is 54.9 Å². The number of morpholine rings is 1. The first-order chi connectivity index (χ1) is 15.2. The first-order valence-corrected chi connectivity index (χ1v) is 11.5. The largest absolute Gasteiger partial charge is 0.494 e. The van der Waals surface area contributed by atoms with Gasteiger partial charge in [0, 0.05) is 42.8 Å². The highest BCUT2D eigenvalue weighted by molar-refractivity contribution is 7.13. The van der Waals surface area contributed by atoms with Crippen LogP contribution in [0.15, 0.2) is 60.0 Å². The highest BCUT2D eigenvalue weighted by atomic mass is 32.1. The Labute approximate surface area is 187 Å². The quantitative estimate of drug-likeness (QED) is 0.529. The van der Waals surface area contributed by atoms with Crippen molar-refractivity contribution in [2.45, 2.75) is 6.92 Å². The molecule has 1 aliphatic heterocycles. The zero-order valence-electron chi connectivity index (χ0n) is 17.7. The summed E-state index contributed by atoms with van der Waals surface area (Å²) in [6, 6.07) is 17.6. The van der Waals surface area contributed by atoms with Gasteiger partial charge in [-0.15, -0.1) is 11.3 Å². The third-order valence-corrected chi connectivity index (χ3v) is 6.08. The van der Waals surface area contributed by atoms with E-state index in [9.17, 15) is 4.79 Å². The predicted molar refractivity (Wildman–Crippen MR) is 124 cm³/mol. The lowest BCUT2D eigenvalue weighted by Crippen LogP contribution is -2.43. The summed E-state index contributed by atoms with van der Waals surface area (Å²) in [5.41, 5.74) is 2.34. The maximum Gasteiger partial charge on any atom is 0.277 e. The smallest absolute Gasteiger partial charge is 0.277 e. The molecule has 4 rings (SSSR count). The molecule has 0 atom stereocenters. The van der Waals surface area contributed by atoms with E-state index >= 15 is 0 Å². The van der Waals surface area contributed by atoms with Crippen molar-refractivity contribution in [2.24, 2.45) is 0 Å². The maximum atomic E-state index is 13.4. The molecule has 2 aromatic carbocycles. The molecule has 0 spiro atoms. The fraction of sp³-hybridized carbons (Fsp3) is 0.333. The summed E-state index contributed by atoms with van der Waals surface area (Å²) in [7, 11) is 0. The molecule has 7 heteroatoms. The van der Waals surface area contributed by atoms with Crippen molar-refractivity contribution in [1.82, 2.24) is 9.88 Å². The van der Waals surface area contributed by atoms with Gasteiger partial charge in [0.05, 0.1) is 19.8 Å². The molecular weight excluding hydrogens is 410 g/mol. The summed E-state index contributed by atoms with van der Waals surface area (Å²) < 4.78 is 10.9. The molecular formula is C24H27N3O3S. The Kier molecular flexibility index (Phi) is 7.30. The Morgan fingerprint density at radius 2 is 1.87 bits per heavy atom. The fourth-order valence-electron chi connectivity index (χ4n) is 3.53. The van der Waals surface area contributed by atoms with Crippen LogP contribution in [0.2, 0.25) is 0 Å². The van der Waals surface area contributed by atoms with E-state index in [1.165, 1.54) is 11.3 Å². The van der Waals surface area contributed by atoms with E-state index in [1.54, 1.807) is 0 Å². The van der Waals surface area contributed by atoms with E-state index in [4.69, 9.17) is 9.47 Å². The molecule has 3 aromatic rings. The normalized spacial score (nSPS) is 14.4. The number of carbonyl (C=O) groups excluding carboxylic acids is 1. The average Bonchev–Trinajstić information content (AvgIpc) is 3.32. The van der Waals surface area contributed by atoms with Gasteiger partial charge in [0.15, 0.2) is 0 Å². The SMILES string of the molecule is CCOc1ccc(-c2nc(C(=O)N(CCN3CCOCC3)c3ccccc3)cs2)cc1. The molecule has 1 aliphatic rings. The summed E-state index contributed by atoms with van der Waals surface area (Å²) in [5.74, 6) is 0.755. The zero-order chi connectivity index (χ0) is 21.5. The molecule has 1 saturated heterocycles. The number of thiazole rings is 1. The first kappa shape index (κ1) is 21.5. The van der Waals surface area contributed by atoms with E-state index < -0.39 is 0 Å². The van der Waals surface area contributed by atoms with Crippen LogP contribution >= 0.6 is 11.3 Å². The number of hydrogen-bond donors (Lipinski definition) is 0. The van der Waals surface area contributed by atoms with Crippen LogP contribution in [0, 0.1) is 0 Å². The summed E-state index contributed by atoms with van der Waals surface area (Å²) in [4.78, 5) is 22.2. The van der Waals surface area contributed by atoms with Gasteiger partial charge >= 0.3 is 0 Å². The van der Waals surface area contributed by atoms with Gasteiger partial charge in [0.2, 0.25) is 0 Å². The molecule has 1 amide bonds. The van der Waals surface area contributed by atoms with Crippen LogP contribution in [0.5, 0.6) is 5.75 Å². The van der Waals surface area contributed by atoms with Crippen LogP contribution in [0.4, 0.5) is 5.69 Å². The van der Waals surface area contributed by atoms with Crippen LogP contribution in [-0.4, -0.2) is 61.8 Å². The van der Waals surface area contributed by atoms with Crippen molar-refractivity contribution in [3.63, 3.8) is 0 Å². The third-order valence-electron chi connectivity index (χ3n) is 5.19. The number of amides is 1. The standard InChI is InChI=1S/C24H27N3O3S/c1-2-30-21-10-8-19(9-11-21)23-25-22(18-31-23)24(28)27(20-6-4-3-5-7-20)13-12-26-14-16-29-17-15-26/h3-11,18H,2,12-17H2,1H3. The van der Waals surface area contributed by atoms with Crippen molar-refractivity contribution >= 4 is 22.9 Å². The predicted octanol–water partition coefficient (Wildman–Crippen LogP) is 4.19. The molecule has 0 aliphatic carbocycles. The highest BCUT2D eigenvalue weighted by Crippen LogP contribution is 2.27. The Balaban J connectivity index is 1.51. The monoisotopic (exact) mass is 437 g/mol. The summed E-state index contributed by atoms with van der Waals surface area (Å²) in [6.45, 7) is 7.30. The Morgan fingerprint density at radius 3 is 2.58 bits per heavy atom. The molecule has 31 heavy (non-hydrogen) atoms. The third kappa shape index (κ3) is 5.50. The highest BCUT2D eigenvalue weighted by Gasteiger charge is 2.22. The van der Waals surface area contributed by atoms with Gasteiger partial charge in [-0.3, -0.25) is 9.69 Å².